The summed E-state index contributed by atoms with van der Waals surface area (Å²) in [6.07, 6.45) is 1.68. The SMILES string of the molecule is COC(=O)C1(N)CCC(Oc2ccc(CO)cc2)C1. The molecule has 1 aliphatic rings. The van der Waals surface area contributed by atoms with Gasteiger partial charge in [-0.1, -0.05) is 12.1 Å². The molecule has 3 N–H and O–H groups in total. The molecule has 1 aliphatic carbocycles. The Morgan fingerprint density at radius 2 is 2.16 bits per heavy atom. The van der Waals surface area contributed by atoms with Gasteiger partial charge in [0, 0.05) is 6.42 Å². The lowest BCUT2D eigenvalue weighted by atomic mass is 10.00. The predicted molar refractivity (Wildman–Crippen MR) is 69.6 cm³/mol. The van der Waals surface area contributed by atoms with Crippen LogP contribution in [0.4, 0.5) is 0 Å². The maximum atomic E-state index is 11.6. The van der Waals surface area contributed by atoms with Gasteiger partial charge in [0.15, 0.2) is 0 Å². The third kappa shape index (κ3) is 3.05. The Morgan fingerprint density at radius 1 is 1.47 bits per heavy atom. The molecule has 19 heavy (non-hydrogen) atoms. The van der Waals surface area contributed by atoms with E-state index in [0.29, 0.717) is 12.8 Å². The van der Waals surface area contributed by atoms with Crippen molar-refractivity contribution in [2.45, 2.75) is 37.5 Å². The highest BCUT2D eigenvalue weighted by atomic mass is 16.5. The van der Waals surface area contributed by atoms with Gasteiger partial charge in [0.25, 0.3) is 0 Å². The van der Waals surface area contributed by atoms with Gasteiger partial charge in [-0.05, 0) is 30.5 Å². The van der Waals surface area contributed by atoms with Crippen LogP contribution in [-0.4, -0.2) is 29.8 Å². The third-order valence-electron chi connectivity index (χ3n) is 3.50. The van der Waals surface area contributed by atoms with E-state index in [1.807, 2.05) is 0 Å². The van der Waals surface area contributed by atoms with Crippen LogP contribution in [-0.2, 0) is 16.1 Å². The first-order valence-electron chi connectivity index (χ1n) is 6.31. The van der Waals surface area contributed by atoms with Gasteiger partial charge in [-0.15, -0.1) is 0 Å². The Balaban J connectivity index is 1.96. The fourth-order valence-corrected chi connectivity index (χ4v) is 2.38. The normalized spacial score (nSPS) is 26.2. The van der Waals surface area contributed by atoms with E-state index in [1.54, 1.807) is 24.3 Å². The van der Waals surface area contributed by atoms with Crippen molar-refractivity contribution in [3.05, 3.63) is 29.8 Å². The predicted octanol–water partition coefficient (Wildman–Crippen LogP) is 0.981. The summed E-state index contributed by atoms with van der Waals surface area (Å²) in [5, 5.41) is 8.96. The largest absolute Gasteiger partial charge is 0.490 e. The lowest BCUT2D eigenvalue weighted by Gasteiger charge is -2.20. The average Bonchev–Trinajstić information content (AvgIpc) is 2.81. The molecule has 2 unspecified atom stereocenters. The van der Waals surface area contributed by atoms with Crippen LogP contribution in [0.15, 0.2) is 24.3 Å². The molecule has 1 fully saturated rings. The highest BCUT2D eigenvalue weighted by Crippen LogP contribution is 2.31. The van der Waals surface area contributed by atoms with E-state index in [9.17, 15) is 4.79 Å². The van der Waals surface area contributed by atoms with Crippen molar-refractivity contribution in [2.75, 3.05) is 7.11 Å². The Hall–Kier alpha value is -1.59. The summed E-state index contributed by atoms with van der Waals surface area (Å²) in [5.74, 6) is 0.338. The Bertz CT molecular complexity index is 445. The van der Waals surface area contributed by atoms with Crippen LogP contribution < -0.4 is 10.5 Å². The Morgan fingerprint density at radius 3 is 2.74 bits per heavy atom. The van der Waals surface area contributed by atoms with Crippen LogP contribution in [0.2, 0.25) is 0 Å². The molecule has 5 heteroatoms. The number of ether oxygens (including phenoxy) is 2. The van der Waals surface area contributed by atoms with Gasteiger partial charge in [-0.2, -0.15) is 0 Å². The quantitative estimate of drug-likeness (QED) is 0.793. The van der Waals surface area contributed by atoms with Gasteiger partial charge in [-0.3, -0.25) is 4.79 Å². The van der Waals surface area contributed by atoms with Crippen LogP contribution in [0.1, 0.15) is 24.8 Å². The van der Waals surface area contributed by atoms with Gasteiger partial charge >= 0.3 is 5.97 Å². The molecule has 0 heterocycles. The van der Waals surface area contributed by atoms with Gasteiger partial charge in [0.2, 0.25) is 0 Å². The monoisotopic (exact) mass is 265 g/mol. The number of aliphatic hydroxyl groups is 1. The number of aliphatic hydroxyl groups excluding tert-OH is 1. The molecule has 0 amide bonds. The average molecular weight is 265 g/mol. The molecule has 1 saturated carbocycles. The fourth-order valence-electron chi connectivity index (χ4n) is 2.38. The van der Waals surface area contributed by atoms with Crippen molar-refractivity contribution < 1.29 is 19.4 Å². The number of nitrogens with two attached hydrogens (primary N) is 1. The van der Waals surface area contributed by atoms with Crippen molar-refractivity contribution >= 4 is 5.97 Å². The van der Waals surface area contributed by atoms with Gasteiger partial charge < -0.3 is 20.3 Å². The van der Waals surface area contributed by atoms with E-state index >= 15 is 0 Å². The molecule has 104 valence electrons. The summed E-state index contributed by atoms with van der Waals surface area (Å²) in [7, 11) is 1.35. The maximum Gasteiger partial charge on any atom is 0.325 e. The second-order valence-corrected chi connectivity index (χ2v) is 4.93. The van der Waals surface area contributed by atoms with Crippen molar-refractivity contribution in [3.63, 3.8) is 0 Å². The Kier molecular flexibility index (Phi) is 4.07. The van der Waals surface area contributed by atoms with E-state index < -0.39 is 5.54 Å². The van der Waals surface area contributed by atoms with E-state index in [-0.39, 0.29) is 18.7 Å². The zero-order valence-electron chi connectivity index (χ0n) is 11.0. The summed E-state index contributed by atoms with van der Waals surface area (Å²) >= 11 is 0. The van der Waals surface area contributed by atoms with Gasteiger partial charge in [-0.25, -0.2) is 0 Å². The molecule has 2 rings (SSSR count). The molecule has 0 spiro atoms. The minimum atomic E-state index is -0.926. The summed E-state index contributed by atoms with van der Waals surface area (Å²) in [5.41, 5.74) is 5.92. The highest BCUT2D eigenvalue weighted by molar-refractivity contribution is 5.80. The summed E-state index contributed by atoms with van der Waals surface area (Å²) < 4.78 is 10.5. The van der Waals surface area contributed by atoms with Crippen molar-refractivity contribution in [1.82, 2.24) is 0 Å². The van der Waals surface area contributed by atoms with Gasteiger partial charge in [0.1, 0.15) is 17.4 Å². The van der Waals surface area contributed by atoms with E-state index in [2.05, 4.69) is 0 Å². The summed E-state index contributed by atoms with van der Waals surface area (Å²) in [6, 6.07) is 7.22. The first-order chi connectivity index (χ1) is 9.07. The summed E-state index contributed by atoms with van der Waals surface area (Å²) in [6.45, 7) is 0.0119. The van der Waals surface area contributed by atoms with Crippen molar-refractivity contribution in [3.8, 4) is 5.75 Å². The van der Waals surface area contributed by atoms with Crippen molar-refractivity contribution in [2.24, 2.45) is 5.73 Å². The van der Waals surface area contributed by atoms with Gasteiger partial charge in [0.05, 0.1) is 13.7 Å². The smallest absolute Gasteiger partial charge is 0.325 e. The van der Waals surface area contributed by atoms with Crippen LogP contribution in [0, 0.1) is 0 Å². The molecule has 0 aromatic heterocycles. The zero-order chi connectivity index (χ0) is 13.9. The molecule has 5 nitrogen and oxygen atoms in total. The molecular weight excluding hydrogens is 246 g/mol. The molecule has 1 aromatic rings. The van der Waals surface area contributed by atoms with E-state index in [4.69, 9.17) is 20.3 Å². The maximum absolute atomic E-state index is 11.6. The first-order valence-corrected chi connectivity index (χ1v) is 6.31. The van der Waals surface area contributed by atoms with E-state index in [0.717, 1.165) is 17.7 Å². The van der Waals surface area contributed by atoms with Crippen LogP contribution >= 0.6 is 0 Å². The molecular formula is C14H19NO4. The standard InChI is InChI=1S/C14H19NO4/c1-18-13(17)14(15)7-6-12(8-14)19-11-4-2-10(9-16)3-5-11/h2-5,12,16H,6-9,15H2,1H3. The molecule has 0 radical (unpaired) electrons. The number of rotatable bonds is 4. The molecule has 0 saturated heterocycles. The number of carbonyl (C=O) groups is 1. The van der Waals surface area contributed by atoms with Crippen molar-refractivity contribution in [1.29, 1.82) is 0 Å². The lowest BCUT2D eigenvalue weighted by Crippen LogP contribution is -2.47. The van der Waals surface area contributed by atoms with Crippen LogP contribution in [0.5, 0.6) is 5.75 Å². The van der Waals surface area contributed by atoms with Crippen LogP contribution in [0.25, 0.3) is 0 Å². The number of esters is 1. The highest BCUT2D eigenvalue weighted by Gasteiger charge is 2.44. The molecule has 0 aliphatic heterocycles. The lowest BCUT2D eigenvalue weighted by molar-refractivity contribution is -0.147. The second kappa shape index (κ2) is 5.59. The minimum Gasteiger partial charge on any atom is -0.490 e. The summed E-state index contributed by atoms with van der Waals surface area (Å²) in [4.78, 5) is 11.6. The topological polar surface area (TPSA) is 81.8 Å². The minimum absolute atomic E-state index is 0.0119. The number of benzene rings is 1. The van der Waals surface area contributed by atoms with E-state index in [1.165, 1.54) is 7.11 Å². The number of methoxy groups -OCH3 is 1. The first kappa shape index (κ1) is 13.8. The second-order valence-electron chi connectivity index (χ2n) is 4.93. The fraction of sp³-hybridized carbons (Fsp3) is 0.500. The number of carbonyl (C=O) groups excluding carboxylic acids is 1. The van der Waals surface area contributed by atoms with Crippen LogP contribution in [0.3, 0.4) is 0 Å². The number of hydrogen-bond donors (Lipinski definition) is 2. The molecule has 2 atom stereocenters. The number of hydrogen-bond acceptors (Lipinski definition) is 5. The molecule has 1 aromatic carbocycles. The zero-order valence-corrected chi connectivity index (χ0v) is 11.0. The Labute approximate surface area is 112 Å². The third-order valence-corrected chi connectivity index (χ3v) is 3.50. The molecule has 0 bridgehead atoms.